The minimum atomic E-state index is -0.386. The zero-order valence-electron chi connectivity index (χ0n) is 11.3. The van der Waals surface area contributed by atoms with Crippen LogP contribution in [0.2, 0.25) is 5.02 Å². The molecule has 2 rings (SSSR count). The molecule has 20 heavy (non-hydrogen) atoms. The van der Waals surface area contributed by atoms with E-state index in [1.807, 2.05) is 13.8 Å². The number of hydrogen-bond acceptors (Lipinski definition) is 3. The van der Waals surface area contributed by atoms with Crippen molar-refractivity contribution in [3.8, 4) is 5.75 Å². The van der Waals surface area contributed by atoms with Crippen molar-refractivity contribution < 1.29 is 9.13 Å². The second-order valence-electron chi connectivity index (χ2n) is 4.71. The smallest absolute Gasteiger partial charge is 0.146 e. The first-order chi connectivity index (χ1) is 9.44. The molecule has 0 atom stereocenters. The average Bonchev–Trinajstić information content (AvgIpc) is 2.32. The summed E-state index contributed by atoms with van der Waals surface area (Å²) in [4.78, 5) is 0. The van der Waals surface area contributed by atoms with Crippen molar-refractivity contribution in [2.45, 2.75) is 20.0 Å². The van der Waals surface area contributed by atoms with Crippen molar-refractivity contribution in [3.05, 3.63) is 47.2 Å². The van der Waals surface area contributed by atoms with Gasteiger partial charge in [-0.25, -0.2) is 4.39 Å². The lowest BCUT2D eigenvalue weighted by Crippen LogP contribution is -2.06. The molecule has 0 aliphatic carbocycles. The first-order valence-electron chi connectivity index (χ1n) is 6.23. The van der Waals surface area contributed by atoms with Crippen LogP contribution in [0, 0.1) is 5.82 Å². The van der Waals surface area contributed by atoms with Crippen LogP contribution in [0.25, 0.3) is 0 Å². The van der Waals surface area contributed by atoms with Crippen LogP contribution in [0.4, 0.5) is 21.5 Å². The zero-order chi connectivity index (χ0) is 14.7. The molecule has 0 heterocycles. The Morgan fingerprint density at radius 1 is 1.20 bits per heavy atom. The van der Waals surface area contributed by atoms with Crippen LogP contribution in [0.15, 0.2) is 36.4 Å². The van der Waals surface area contributed by atoms with Gasteiger partial charge in [-0.1, -0.05) is 11.6 Å². The number of nitrogens with two attached hydrogens (primary N) is 1. The average molecular weight is 295 g/mol. The fraction of sp³-hybridized carbons (Fsp3) is 0.200. The fourth-order valence-electron chi connectivity index (χ4n) is 1.78. The molecule has 3 N–H and O–H groups in total. The molecule has 0 aromatic heterocycles. The van der Waals surface area contributed by atoms with Crippen molar-refractivity contribution in [2.75, 3.05) is 11.1 Å². The lowest BCUT2D eigenvalue weighted by Gasteiger charge is -2.14. The van der Waals surface area contributed by atoms with Gasteiger partial charge >= 0.3 is 0 Å². The topological polar surface area (TPSA) is 47.3 Å². The molecule has 0 saturated carbocycles. The number of nitrogen functional groups attached to an aromatic ring is 1. The maximum atomic E-state index is 13.7. The lowest BCUT2D eigenvalue weighted by atomic mass is 10.2. The van der Waals surface area contributed by atoms with Crippen LogP contribution in [-0.2, 0) is 0 Å². The fourth-order valence-corrected chi connectivity index (χ4v) is 1.96. The highest BCUT2D eigenvalue weighted by Gasteiger charge is 2.06. The summed E-state index contributed by atoms with van der Waals surface area (Å²) in [5.74, 6) is 0.244. The molecule has 0 unspecified atom stereocenters. The van der Waals surface area contributed by atoms with Gasteiger partial charge in [-0.3, -0.25) is 0 Å². The largest absolute Gasteiger partial charge is 0.491 e. The highest BCUT2D eigenvalue weighted by molar-refractivity contribution is 6.30. The van der Waals surface area contributed by atoms with Gasteiger partial charge in [0.25, 0.3) is 0 Å². The van der Waals surface area contributed by atoms with E-state index in [0.717, 1.165) is 0 Å². The molecule has 2 aromatic carbocycles. The van der Waals surface area contributed by atoms with E-state index in [1.54, 1.807) is 18.2 Å². The minimum absolute atomic E-state index is 0.0348. The number of nitrogens with one attached hydrogen (secondary N) is 1. The second kappa shape index (κ2) is 6.01. The molecule has 0 aliphatic rings. The maximum Gasteiger partial charge on any atom is 0.146 e. The van der Waals surface area contributed by atoms with E-state index in [1.165, 1.54) is 18.2 Å². The third-order valence-corrected chi connectivity index (χ3v) is 2.74. The highest BCUT2D eigenvalue weighted by atomic mass is 35.5. The molecule has 0 amide bonds. The molecule has 0 spiro atoms. The van der Waals surface area contributed by atoms with Crippen LogP contribution in [-0.4, -0.2) is 6.10 Å². The SMILES string of the molecule is CC(C)Oc1cc(N)cc(Nc2cc(Cl)ccc2F)c1. The standard InChI is InChI=1S/C15H16ClFN2O/c1-9(2)20-13-7-11(18)6-12(8-13)19-15-5-10(16)3-4-14(15)17/h3-9,19H,18H2,1-2H3. The number of ether oxygens (including phenoxy) is 1. The van der Waals surface area contributed by atoms with Gasteiger partial charge in [-0.15, -0.1) is 0 Å². The Bertz CT molecular complexity index is 617. The normalized spacial score (nSPS) is 10.7. The summed E-state index contributed by atoms with van der Waals surface area (Å²) in [5.41, 5.74) is 7.28. The van der Waals surface area contributed by atoms with Crippen LogP contribution in [0.5, 0.6) is 5.75 Å². The third-order valence-electron chi connectivity index (χ3n) is 2.51. The van der Waals surface area contributed by atoms with Crippen LogP contribution in [0.1, 0.15) is 13.8 Å². The predicted octanol–water partition coefficient (Wildman–Crippen LogP) is 4.59. The summed E-state index contributed by atoms with van der Waals surface area (Å²) >= 11 is 5.86. The molecule has 0 radical (unpaired) electrons. The van der Waals surface area contributed by atoms with E-state index in [2.05, 4.69) is 5.32 Å². The third kappa shape index (κ3) is 3.78. The molecule has 0 aliphatic heterocycles. The summed E-state index contributed by atoms with van der Waals surface area (Å²) in [5, 5.41) is 3.40. The monoisotopic (exact) mass is 294 g/mol. The summed E-state index contributed by atoms with van der Waals surface area (Å²) in [6.45, 7) is 3.85. The molecule has 0 fully saturated rings. The van der Waals surface area contributed by atoms with E-state index in [9.17, 15) is 4.39 Å². The van der Waals surface area contributed by atoms with E-state index < -0.39 is 0 Å². The van der Waals surface area contributed by atoms with Gasteiger partial charge in [0, 0.05) is 28.5 Å². The number of halogens is 2. The number of hydrogen-bond donors (Lipinski definition) is 2. The van der Waals surface area contributed by atoms with Crippen LogP contribution < -0.4 is 15.8 Å². The van der Waals surface area contributed by atoms with E-state index in [-0.39, 0.29) is 11.9 Å². The molecule has 5 heteroatoms. The first kappa shape index (κ1) is 14.5. The quantitative estimate of drug-likeness (QED) is 0.811. The predicted molar refractivity (Wildman–Crippen MR) is 81.3 cm³/mol. The second-order valence-corrected chi connectivity index (χ2v) is 5.14. The molecule has 106 valence electrons. The van der Waals surface area contributed by atoms with Gasteiger partial charge in [0.1, 0.15) is 11.6 Å². The van der Waals surface area contributed by atoms with Gasteiger partial charge in [0.2, 0.25) is 0 Å². The van der Waals surface area contributed by atoms with Crippen LogP contribution >= 0.6 is 11.6 Å². The Hall–Kier alpha value is -1.94. The molecule has 0 saturated heterocycles. The zero-order valence-corrected chi connectivity index (χ0v) is 12.0. The van der Waals surface area contributed by atoms with E-state index >= 15 is 0 Å². The summed E-state index contributed by atoms with van der Waals surface area (Å²) in [6.07, 6.45) is 0.0348. The minimum Gasteiger partial charge on any atom is -0.491 e. The molecule has 3 nitrogen and oxygen atoms in total. The van der Waals surface area contributed by atoms with Crippen molar-refractivity contribution in [3.63, 3.8) is 0 Å². The van der Waals surface area contributed by atoms with Crippen LogP contribution in [0.3, 0.4) is 0 Å². The molecular formula is C15H16ClFN2O. The Kier molecular flexibility index (Phi) is 4.35. The van der Waals surface area contributed by atoms with Gasteiger partial charge in [0.15, 0.2) is 0 Å². The van der Waals surface area contributed by atoms with Crippen molar-refractivity contribution in [2.24, 2.45) is 0 Å². The van der Waals surface area contributed by atoms with Gasteiger partial charge in [-0.2, -0.15) is 0 Å². The molecule has 2 aromatic rings. The van der Waals surface area contributed by atoms with Gasteiger partial charge < -0.3 is 15.8 Å². The Balaban J connectivity index is 2.28. The number of rotatable bonds is 4. The highest BCUT2D eigenvalue weighted by Crippen LogP contribution is 2.28. The van der Waals surface area contributed by atoms with E-state index in [4.69, 9.17) is 22.1 Å². The number of anilines is 3. The Labute approximate surface area is 122 Å². The lowest BCUT2D eigenvalue weighted by molar-refractivity contribution is 0.242. The molecule has 0 bridgehead atoms. The van der Waals surface area contributed by atoms with Crippen molar-refractivity contribution >= 4 is 28.7 Å². The maximum absolute atomic E-state index is 13.7. The summed E-state index contributed by atoms with van der Waals surface area (Å²) in [6, 6.07) is 9.50. The summed E-state index contributed by atoms with van der Waals surface area (Å²) in [7, 11) is 0. The van der Waals surface area contributed by atoms with Crippen molar-refractivity contribution in [1.29, 1.82) is 0 Å². The Morgan fingerprint density at radius 3 is 2.65 bits per heavy atom. The van der Waals surface area contributed by atoms with Gasteiger partial charge in [-0.05, 0) is 38.1 Å². The molecular weight excluding hydrogens is 279 g/mol. The number of benzene rings is 2. The Morgan fingerprint density at radius 2 is 1.95 bits per heavy atom. The van der Waals surface area contributed by atoms with Crippen molar-refractivity contribution in [1.82, 2.24) is 0 Å². The van der Waals surface area contributed by atoms with Gasteiger partial charge in [0.05, 0.1) is 11.8 Å². The first-order valence-corrected chi connectivity index (χ1v) is 6.61. The van der Waals surface area contributed by atoms with E-state index in [0.29, 0.717) is 27.8 Å². The summed E-state index contributed by atoms with van der Waals surface area (Å²) < 4.78 is 19.3.